The van der Waals surface area contributed by atoms with Crippen molar-refractivity contribution >= 4 is 17.6 Å². The van der Waals surface area contributed by atoms with E-state index in [1.54, 1.807) is 24.3 Å². The number of aromatic nitrogens is 2. The van der Waals surface area contributed by atoms with Crippen LogP contribution >= 0.6 is 0 Å². The molecule has 1 heterocycles. The molecule has 0 unspecified atom stereocenters. The lowest BCUT2D eigenvalue weighted by molar-refractivity contribution is -0.116. The fraction of sp³-hybridized carbons (Fsp3) is 0.200. The second-order valence-corrected chi connectivity index (χ2v) is 5.93. The number of ether oxygens (including phenoxy) is 1. The van der Waals surface area contributed by atoms with Crippen molar-refractivity contribution in [2.24, 2.45) is 0 Å². The van der Waals surface area contributed by atoms with E-state index in [-0.39, 0.29) is 12.3 Å². The number of aryl methyl sites for hydroxylation is 2. The standard InChI is InChI=1S/C20H19N3O4/c1-13-5-3-4-6-16(13)19-23-22-18(27-19)12-11-17(24)21-15-9-7-14(8-10-15)20(25)26-2/h3-10H,11-12H2,1-2H3,(H,21,24). The highest BCUT2D eigenvalue weighted by atomic mass is 16.5. The fourth-order valence-electron chi connectivity index (χ4n) is 2.53. The number of benzene rings is 2. The zero-order chi connectivity index (χ0) is 19.2. The number of nitrogens with zero attached hydrogens (tertiary/aromatic N) is 2. The van der Waals surface area contributed by atoms with E-state index in [0.29, 0.717) is 29.5 Å². The van der Waals surface area contributed by atoms with Gasteiger partial charge in [-0.1, -0.05) is 18.2 Å². The van der Waals surface area contributed by atoms with Crippen molar-refractivity contribution in [3.63, 3.8) is 0 Å². The van der Waals surface area contributed by atoms with Crippen LogP contribution in [0.5, 0.6) is 0 Å². The van der Waals surface area contributed by atoms with Gasteiger partial charge in [-0.25, -0.2) is 4.79 Å². The van der Waals surface area contributed by atoms with E-state index in [4.69, 9.17) is 4.42 Å². The summed E-state index contributed by atoms with van der Waals surface area (Å²) in [7, 11) is 1.32. The van der Waals surface area contributed by atoms with Crippen LogP contribution in [0.15, 0.2) is 52.9 Å². The second kappa shape index (κ2) is 8.27. The number of esters is 1. The first-order chi connectivity index (χ1) is 13.1. The summed E-state index contributed by atoms with van der Waals surface area (Å²) in [4.78, 5) is 23.5. The van der Waals surface area contributed by atoms with Gasteiger partial charge in [0.15, 0.2) is 0 Å². The van der Waals surface area contributed by atoms with Gasteiger partial charge in [0.1, 0.15) is 0 Å². The Labute approximate surface area is 156 Å². The summed E-state index contributed by atoms with van der Waals surface area (Å²) in [6.45, 7) is 1.97. The fourth-order valence-corrected chi connectivity index (χ4v) is 2.53. The van der Waals surface area contributed by atoms with Gasteiger partial charge in [-0.15, -0.1) is 10.2 Å². The van der Waals surface area contributed by atoms with Crippen molar-refractivity contribution in [2.75, 3.05) is 12.4 Å². The van der Waals surface area contributed by atoms with Crippen LogP contribution in [-0.2, 0) is 16.0 Å². The molecule has 1 N–H and O–H groups in total. The third kappa shape index (κ3) is 4.58. The van der Waals surface area contributed by atoms with Crippen LogP contribution in [0.4, 0.5) is 5.69 Å². The molecule has 0 spiro atoms. The topological polar surface area (TPSA) is 94.3 Å². The average Bonchev–Trinajstić information content (AvgIpc) is 3.15. The van der Waals surface area contributed by atoms with Gasteiger partial charge in [-0.3, -0.25) is 4.79 Å². The first-order valence-electron chi connectivity index (χ1n) is 8.43. The second-order valence-electron chi connectivity index (χ2n) is 5.93. The van der Waals surface area contributed by atoms with E-state index < -0.39 is 5.97 Å². The Hall–Kier alpha value is -3.48. The van der Waals surface area contributed by atoms with E-state index in [1.807, 2.05) is 31.2 Å². The predicted octanol–water partition coefficient (Wildman–Crippen LogP) is 3.40. The molecule has 0 bridgehead atoms. The number of carbonyl (C=O) groups is 2. The van der Waals surface area contributed by atoms with Gasteiger partial charge in [0.25, 0.3) is 0 Å². The molecule has 0 aliphatic heterocycles. The van der Waals surface area contributed by atoms with Crippen LogP contribution in [-0.4, -0.2) is 29.2 Å². The van der Waals surface area contributed by atoms with Gasteiger partial charge in [-0.05, 0) is 42.8 Å². The minimum atomic E-state index is -0.422. The number of anilines is 1. The maximum absolute atomic E-state index is 12.1. The minimum absolute atomic E-state index is 0.184. The molecule has 1 amide bonds. The van der Waals surface area contributed by atoms with Gasteiger partial charge in [0.2, 0.25) is 17.7 Å². The Balaban J connectivity index is 1.55. The third-order valence-electron chi connectivity index (χ3n) is 4.00. The van der Waals surface area contributed by atoms with Gasteiger partial charge < -0.3 is 14.5 Å². The van der Waals surface area contributed by atoms with Crippen LogP contribution in [0.1, 0.15) is 28.2 Å². The van der Waals surface area contributed by atoms with Crippen molar-refractivity contribution in [1.82, 2.24) is 10.2 Å². The maximum Gasteiger partial charge on any atom is 0.337 e. The summed E-state index contributed by atoms with van der Waals surface area (Å²) in [5.41, 5.74) is 2.94. The molecular weight excluding hydrogens is 346 g/mol. The lowest BCUT2D eigenvalue weighted by Crippen LogP contribution is -2.12. The molecule has 7 heteroatoms. The van der Waals surface area contributed by atoms with Gasteiger partial charge in [0.05, 0.1) is 12.7 Å². The molecular formula is C20H19N3O4. The molecule has 3 aromatic rings. The predicted molar refractivity (Wildman–Crippen MR) is 99.2 cm³/mol. The van der Waals surface area contributed by atoms with Gasteiger partial charge in [-0.2, -0.15) is 0 Å². The number of amides is 1. The Kier molecular flexibility index (Phi) is 5.61. The first kappa shape index (κ1) is 18.3. The molecule has 0 aliphatic rings. The number of hydrogen-bond donors (Lipinski definition) is 1. The molecule has 0 radical (unpaired) electrons. The molecule has 1 aromatic heterocycles. The highest BCUT2D eigenvalue weighted by Gasteiger charge is 2.12. The third-order valence-corrected chi connectivity index (χ3v) is 4.00. The quantitative estimate of drug-likeness (QED) is 0.673. The Morgan fingerprint density at radius 1 is 1.07 bits per heavy atom. The van der Waals surface area contributed by atoms with E-state index in [2.05, 4.69) is 20.3 Å². The highest BCUT2D eigenvalue weighted by molar-refractivity contribution is 5.93. The van der Waals surface area contributed by atoms with Crippen molar-refractivity contribution < 1.29 is 18.7 Å². The largest absolute Gasteiger partial charge is 0.465 e. The normalized spacial score (nSPS) is 10.4. The molecule has 0 saturated carbocycles. The molecule has 3 rings (SSSR count). The molecule has 0 aliphatic carbocycles. The van der Waals surface area contributed by atoms with E-state index >= 15 is 0 Å². The monoisotopic (exact) mass is 365 g/mol. The van der Waals surface area contributed by atoms with Crippen molar-refractivity contribution in [3.8, 4) is 11.5 Å². The SMILES string of the molecule is COC(=O)c1ccc(NC(=O)CCc2nnc(-c3ccccc3C)o2)cc1. The average molecular weight is 365 g/mol. The van der Waals surface area contributed by atoms with E-state index in [0.717, 1.165) is 11.1 Å². The Morgan fingerprint density at radius 3 is 2.52 bits per heavy atom. The number of hydrogen-bond acceptors (Lipinski definition) is 6. The van der Waals surface area contributed by atoms with Crippen molar-refractivity contribution in [3.05, 3.63) is 65.5 Å². The molecule has 0 fully saturated rings. The summed E-state index contributed by atoms with van der Waals surface area (Å²) in [5.74, 6) is 0.247. The van der Waals surface area contributed by atoms with Gasteiger partial charge >= 0.3 is 5.97 Å². The lowest BCUT2D eigenvalue weighted by Gasteiger charge is -2.05. The van der Waals surface area contributed by atoms with Crippen LogP contribution in [0, 0.1) is 6.92 Å². The highest BCUT2D eigenvalue weighted by Crippen LogP contribution is 2.22. The molecule has 138 valence electrons. The molecule has 0 atom stereocenters. The number of nitrogens with one attached hydrogen (secondary N) is 1. The zero-order valence-electron chi connectivity index (χ0n) is 15.1. The Morgan fingerprint density at radius 2 is 1.81 bits per heavy atom. The van der Waals surface area contributed by atoms with Gasteiger partial charge in [0, 0.05) is 24.1 Å². The maximum atomic E-state index is 12.1. The summed E-state index contributed by atoms with van der Waals surface area (Å²) in [6.07, 6.45) is 0.541. The number of carbonyl (C=O) groups excluding carboxylic acids is 2. The summed E-state index contributed by atoms with van der Waals surface area (Å²) in [5, 5.41) is 10.8. The van der Waals surface area contributed by atoms with Crippen LogP contribution in [0.25, 0.3) is 11.5 Å². The lowest BCUT2D eigenvalue weighted by atomic mass is 10.1. The first-order valence-corrected chi connectivity index (χ1v) is 8.43. The Bertz CT molecular complexity index is 948. The molecule has 0 saturated heterocycles. The zero-order valence-corrected chi connectivity index (χ0v) is 15.1. The molecule has 7 nitrogen and oxygen atoms in total. The summed E-state index contributed by atoms with van der Waals surface area (Å²) >= 11 is 0. The van der Waals surface area contributed by atoms with Crippen molar-refractivity contribution in [1.29, 1.82) is 0 Å². The number of methoxy groups -OCH3 is 1. The van der Waals surface area contributed by atoms with E-state index in [9.17, 15) is 9.59 Å². The smallest absolute Gasteiger partial charge is 0.337 e. The summed E-state index contributed by atoms with van der Waals surface area (Å²) in [6, 6.07) is 14.2. The minimum Gasteiger partial charge on any atom is -0.465 e. The summed E-state index contributed by atoms with van der Waals surface area (Å²) < 4.78 is 10.3. The van der Waals surface area contributed by atoms with Crippen LogP contribution in [0.2, 0.25) is 0 Å². The van der Waals surface area contributed by atoms with E-state index in [1.165, 1.54) is 7.11 Å². The number of rotatable bonds is 6. The van der Waals surface area contributed by atoms with Crippen molar-refractivity contribution in [2.45, 2.75) is 19.8 Å². The van der Waals surface area contributed by atoms with Crippen LogP contribution in [0.3, 0.4) is 0 Å². The molecule has 27 heavy (non-hydrogen) atoms. The van der Waals surface area contributed by atoms with Crippen LogP contribution < -0.4 is 5.32 Å². The molecule has 2 aromatic carbocycles.